The van der Waals surface area contributed by atoms with Crippen LogP contribution in [0.3, 0.4) is 0 Å². The third kappa shape index (κ3) is 6.30. The molecule has 0 spiro atoms. The van der Waals surface area contributed by atoms with Crippen LogP contribution in [-0.2, 0) is 22.5 Å². The molecular weight excluding hydrogens is 486 g/mol. The number of carbonyl (C=O) groups excluding carboxylic acids is 1. The molecule has 2 heterocycles. The molecule has 1 unspecified atom stereocenters. The van der Waals surface area contributed by atoms with Crippen LogP contribution >= 0.6 is 0 Å². The summed E-state index contributed by atoms with van der Waals surface area (Å²) in [6, 6.07) is 11.1. The number of likely N-dealkylation sites (tertiary alicyclic amines) is 1. The normalized spacial score (nSPS) is 16.3. The summed E-state index contributed by atoms with van der Waals surface area (Å²) in [6.07, 6.45) is 1.52. The predicted octanol–water partition coefficient (Wildman–Crippen LogP) is 3.47. The van der Waals surface area contributed by atoms with Crippen molar-refractivity contribution in [3.05, 3.63) is 53.1 Å². The molecule has 10 heteroatoms. The lowest BCUT2D eigenvalue weighted by Gasteiger charge is -2.32. The van der Waals surface area contributed by atoms with E-state index in [0.717, 1.165) is 42.8 Å². The first-order chi connectivity index (χ1) is 18.3. The van der Waals surface area contributed by atoms with Gasteiger partial charge in [0.05, 0.1) is 19.6 Å². The van der Waals surface area contributed by atoms with Crippen LogP contribution in [-0.4, -0.2) is 67.0 Å². The minimum Gasteiger partial charge on any atom is -0.493 e. The number of hydrogen-bond donors (Lipinski definition) is 3. The predicted molar refractivity (Wildman–Crippen MR) is 144 cm³/mol. The molecule has 1 saturated heterocycles. The number of guanidine groups is 1. The second kappa shape index (κ2) is 12.1. The summed E-state index contributed by atoms with van der Waals surface area (Å²) < 4.78 is 23.3. The molecule has 0 bridgehead atoms. The monoisotopic (exact) mass is 523 g/mol. The molecule has 204 valence electrons. The van der Waals surface area contributed by atoms with Gasteiger partial charge in [-0.05, 0) is 55.7 Å². The molecule has 2 aliphatic heterocycles. The van der Waals surface area contributed by atoms with E-state index in [1.807, 2.05) is 43.3 Å². The van der Waals surface area contributed by atoms with Gasteiger partial charge >= 0.3 is 5.97 Å². The van der Waals surface area contributed by atoms with Crippen LogP contribution in [0.4, 0.5) is 0 Å². The molecule has 4 N–H and O–H groups in total. The smallest absolute Gasteiger partial charge is 0.352 e. The molecular formula is C28H37N5O5. The van der Waals surface area contributed by atoms with Crippen LogP contribution < -0.4 is 19.9 Å². The van der Waals surface area contributed by atoms with Crippen molar-refractivity contribution in [3.63, 3.8) is 0 Å². The molecule has 0 aromatic heterocycles. The third-order valence-corrected chi connectivity index (χ3v) is 6.99. The van der Waals surface area contributed by atoms with Crippen molar-refractivity contribution in [2.75, 3.05) is 33.4 Å². The number of piperidine rings is 1. The van der Waals surface area contributed by atoms with Gasteiger partial charge in [0.2, 0.25) is 6.10 Å². The second-order valence-corrected chi connectivity index (χ2v) is 9.54. The number of benzene rings is 2. The van der Waals surface area contributed by atoms with Crippen LogP contribution in [0.1, 0.15) is 49.5 Å². The summed E-state index contributed by atoms with van der Waals surface area (Å²) in [4.78, 5) is 16.8. The number of nitrogens with two attached hydrogens (primary N) is 1. The van der Waals surface area contributed by atoms with Gasteiger partial charge in [0.1, 0.15) is 11.9 Å². The minimum atomic E-state index is -0.980. The molecule has 2 aromatic rings. The van der Waals surface area contributed by atoms with E-state index >= 15 is 0 Å². The van der Waals surface area contributed by atoms with Crippen molar-refractivity contribution >= 4 is 17.8 Å². The zero-order chi connectivity index (χ0) is 27.2. The molecule has 38 heavy (non-hydrogen) atoms. The standard InChI is InChI=1S/C28H37N5O5/c1-4-36-27(34)26(19-5-7-22(8-6-19)37-23-10-13-32(14-11-23)18(2)29)38-25-15-20-9-12-33(28(30)31)17-21(20)16-24(25)35-3/h5-8,15-16,23,26,29H,4,9-14,17H2,1-3H3,(H3,30,31). The third-order valence-electron chi connectivity index (χ3n) is 6.99. The number of esters is 1. The molecule has 0 amide bonds. The van der Waals surface area contributed by atoms with Gasteiger partial charge in [-0.1, -0.05) is 12.1 Å². The first-order valence-electron chi connectivity index (χ1n) is 13.0. The summed E-state index contributed by atoms with van der Waals surface area (Å²) in [5.74, 6) is 1.81. The van der Waals surface area contributed by atoms with Gasteiger partial charge in [-0.25, -0.2) is 4.79 Å². The van der Waals surface area contributed by atoms with Gasteiger partial charge in [-0.2, -0.15) is 0 Å². The fourth-order valence-electron chi connectivity index (χ4n) is 4.84. The number of fused-ring (bicyclic) bond motifs is 1. The quantitative estimate of drug-likeness (QED) is 0.272. The number of rotatable bonds is 8. The molecule has 0 aliphatic carbocycles. The maximum Gasteiger partial charge on any atom is 0.352 e. The summed E-state index contributed by atoms with van der Waals surface area (Å²) in [5, 5.41) is 15.5. The lowest BCUT2D eigenvalue weighted by Crippen LogP contribution is -2.40. The Morgan fingerprint density at radius 1 is 1.05 bits per heavy atom. The van der Waals surface area contributed by atoms with E-state index < -0.39 is 12.1 Å². The Morgan fingerprint density at radius 2 is 1.74 bits per heavy atom. The zero-order valence-electron chi connectivity index (χ0n) is 22.3. The van der Waals surface area contributed by atoms with Crippen molar-refractivity contribution in [1.82, 2.24) is 9.80 Å². The Morgan fingerprint density at radius 3 is 2.34 bits per heavy atom. The van der Waals surface area contributed by atoms with Gasteiger partial charge in [0.25, 0.3) is 0 Å². The number of hydrogen-bond acceptors (Lipinski definition) is 7. The SMILES string of the molecule is CCOC(=O)C(Oc1cc2c(cc1OC)CN(C(=N)N)CC2)c1ccc(OC2CCN(C(C)=N)CC2)cc1. The Labute approximate surface area is 223 Å². The molecule has 0 saturated carbocycles. The van der Waals surface area contributed by atoms with Crippen molar-refractivity contribution in [2.45, 2.75) is 51.9 Å². The molecule has 0 radical (unpaired) electrons. The van der Waals surface area contributed by atoms with Gasteiger partial charge in [-0.3, -0.25) is 10.8 Å². The average Bonchev–Trinajstić information content (AvgIpc) is 2.91. The highest BCUT2D eigenvalue weighted by Gasteiger charge is 2.28. The van der Waals surface area contributed by atoms with Gasteiger partial charge < -0.3 is 34.5 Å². The first-order valence-corrected chi connectivity index (χ1v) is 13.0. The van der Waals surface area contributed by atoms with Crippen molar-refractivity contribution in [1.29, 1.82) is 10.8 Å². The topological polar surface area (TPSA) is 134 Å². The Bertz CT molecular complexity index is 1160. The van der Waals surface area contributed by atoms with E-state index in [4.69, 9.17) is 35.5 Å². The molecule has 2 aliphatic rings. The van der Waals surface area contributed by atoms with E-state index in [2.05, 4.69) is 4.90 Å². The summed E-state index contributed by atoms with van der Waals surface area (Å²) >= 11 is 0. The van der Waals surface area contributed by atoms with E-state index in [9.17, 15) is 4.79 Å². The maximum atomic E-state index is 13.0. The maximum absolute atomic E-state index is 13.0. The molecule has 1 atom stereocenters. The average molecular weight is 524 g/mol. The fraction of sp³-hybridized carbons (Fsp3) is 0.464. The highest BCUT2D eigenvalue weighted by molar-refractivity contribution is 5.77. The number of carbonyl (C=O) groups is 1. The second-order valence-electron chi connectivity index (χ2n) is 9.54. The Kier molecular flexibility index (Phi) is 8.60. The van der Waals surface area contributed by atoms with Crippen molar-refractivity contribution < 1.29 is 23.7 Å². The summed E-state index contributed by atoms with van der Waals surface area (Å²) in [5.41, 5.74) is 8.40. The minimum absolute atomic E-state index is 0.0386. The number of amidine groups is 1. The highest BCUT2D eigenvalue weighted by atomic mass is 16.6. The Balaban J connectivity index is 1.51. The fourth-order valence-corrected chi connectivity index (χ4v) is 4.84. The van der Waals surface area contributed by atoms with Gasteiger partial charge in [0.15, 0.2) is 17.5 Å². The molecule has 2 aromatic carbocycles. The molecule has 1 fully saturated rings. The Hall–Kier alpha value is -3.95. The van der Waals surface area contributed by atoms with Crippen LogP contribution in [0.2, 0.25) is 0 Å². The summed E-state index contributed by atoms with van der Waals surface area (Å²) in [7, 11) is 1.56. The van der Waals surface area contributed by atoms with Crippen LogP contribution in [0.5, 0.6) is 17.2 Å². The number of ether oxygens (including phenoxy) is 4. The number of methoxy groups -OCH3 is 1. The summed E-state index contributed by atoms with van der Waals surface area (Å²) in [6.45, 7) is 6.58. The molecule has 4 rings (SSSR count). The van der Waals surface area contributed by atoms with E-state index in [-0.39, 0.29) is 18.7 Å². The van der Waals surface area contributed by atoms with Gasteiger partial charge in [-0.15, -0.1) is 0 Å². The zero-order valence-corrected chi connectivity index (χ0v) is 22.3. The first kappa shape index (κ1) is 27.1. The lowest BCUT2D eigenvalue weighted by molar-refractivity contribution is -0.151. The van der Waals surface area contributed by atoms with Gasteiger partial charge in [0, 0.05) is 44.6 Å². The van der Waals surface area contributed by atoms with Crippen LogP contribution in [0.15, 0.2) is 36.4 Å². The highest BCUT2D eigenvalue weighted by Crippen LogP contribution is 2.37. The van der Waals surface area contributed by atoms with E-state index in [1.165, 1.54) is 0 Å². The largest absolute Gasteiger partial charge is 0.493 e. The van der Waals surface area contributed by atoms with Crippen LogP contribution in [0.25, 0.3) is 0 Å². The molecule has 10 nitrogen and oxygen atoms in total. The number of nitrogens with zero attached hydrogens (tertiary/aromatic N) is 2. The van der Waals surface area contributed by atoms with Crippen molar-refractivity contribution in [3.8, 4) is 17.2 Å². The van der Waals surface area contributed by atoms with E-state index in [1.54, 1.807) is 18.9 Å². The van der Waals surface area contributed by atoms with E-state index in [0.29, 0.717) is 42.4 Å². The number of nitrogens with one attached hydrogen (secondary N) is 2. The lowest BCUT2D eigenvalue weighted by atomic mass is 9.99. The van der Waals surface area contributed by atoms with Crippen LogP contribution in [0, 0.1) is 10.8 Å². The van der Waals surface area contributed by atoms with Crippen molar-refractivity contribution in [2.24, 2.45) is 5.73 Å².